The van der Waals surface area contributed by atoms with Gasteiger partial charge in [0.25, 0.3) is 0 Å². The van der Waals surface area contributed by atoms with Gasteiger partial charge in [-0.25, -0.2) is 4.79 Å². The lowest BCUT2D eigenvalue weighted by atomic mass is 10.2. The monoisotopic (exact) mass is 227 g/mol. The summed E-state index contributed by atoms with van der Waals surface area (Å²) in [5.41, 5.74) is 7.06. The number of rotatable bonds is 3. The molecule has 17 heavy (non-hydrogen) atoms. The minimum absolute atomic E-state index is 0.415. The van der Waals surface area contributed by atoms with Crippen molar-refractivity contribution in [2.75, 3.05) is 0 Å². The molecule has 2 rings (SSSR count). The van der Waals surface area contributed by atoms with Gasteiger partial charge >= 0.3 is 5.97 Å². The van der Waals surface area contributed by atoms with Gasteiger partial charge in [0.1, 0.15) is 0 Å². The third-order valence-corrected chi connectivity index (χ3v) is 2.37. The van der Waals surface area contributed by atoms with E-state index in [4.69, 9.17) is 10.5 Å². The maximum atomic E-state index is 11.7. The summed E-state index contributed by atoms with van der Waals surface area (Å²) in [6, 6.07) is 18.0. The first-order valence-electron chi connectivity index (χ1n) is 5.34. The largest absolute Gasteiger partial charge is 0.439 e. The van der Waals surface area contributed by atoms with Crippen molar-refractivity contribution in [1.82, 2.24) is 0 Å². The summed E-state index contributed by atoms with van der Waals surface area (Å²) >= 11 is 0. The summed E-state index contributed by atoms with van der Waals surface area (Å²) in [6.45, 7) is 0. The van der Waals surface area contributed by atoms with Crippen LogP contribution in [0.15, 0.2) is 60.7 Å². The molecule has 0 aromatic heterocycles. The molecule has 2 aromatic carbocycles. The van der Waals surface area contributed by atoms with Crippen LogP contribution in [0.25, 0.3) is 0 Å². The molecule has 2 aromatic rings. The molecule has 86 valence electrons. The Labute approximate surface area is 99.8 Å². The molecule has 0 fully saturated rings. The summed E-state index contributed by atoms with van der Waals surface area (Å²) in [5.74, 6) is -0.415. The molecule has 0 aliphatic carbocycles. The second kappa shape index (κ2) is 5.27. The number of esters is 1. The SMILES string of the molecule is NC(OC(=O)c1ccccc1)c1ccccc1. The van der Waals surface area contributed by atoms with E-state index in [1.165, 1.54) is 0 Å². The molecule has 2 N–H and O–H groups in total. The molecular formula is C14H13NO2. The van der Waals surface area contributed by atoms with E-state index < -0.39 is 12.2 Å². The molecule has 0 saturated carbocycles. The van der Waals surface area contributed by atoms with Gasteiger partial charge in [-0.15, -0.1) is 0 Å². The maximum absolute atomic E-state index is 11.7. The first-order chi connectivity index (χ1) is 8.27. The van der Waals surface area contributed by atoms with Gasteiger partial charge in [0.15, 0.2) is 6.23 Å². The average molecular weight is 227 g/mol. The molecule has 1 atom stereocenters. The van der Waals surface area contributed by atoms with Crippen LogP contribution in [0.4, 0.5) is 0 Å². The summed E-state index contributed by atoms with van der Waals surface area (Å²) in [7, 11) is 0. The van der Waals surface area contributed by atoms with Crippen molar-refractivity contribution in [2.24, 2.45) is 5.73 Å². The Hall–Kier alpha value is -2.13. The van der Waals surface area contributed by atoms with Gasteiger partial charge in [-0.05, 0) is 12.1 Å². The van der Waals surface area contributed by atoms with E-state index in [0.29, 0.717) is 5.56 Å². The van der Waals surface area contributed by atoms with Crippen LogP contribution in [0.1, 0.15) is 22.1 Å². The molecule has 1 unspecified atom stereocenters. The van der Waals surface area contributed by atoms with Crippen molar-refractivity contribution in [1.29, 1.82) is 0 Å². The maximum Gasteiger partial charge on any atom is 0.339 e. The van der Waals surface area contributed by atoms with Gasteiger partial charge in [-0.1, -0.05) is 48.5 Å². The number of benzene rings is 2. The molecule has 0 radical (unpaired) electrons. The predicted octanol–water partition coefficient (Wildman–Crippen LogP) is 2.50. The number of nitrogens with two attached hydrogens (primary N) is 1. The first kappa shape index (κ1) is 11.4. The van der Waals surface area contributed by atoms with E-state index in [-0.39, 0.29) is 0 Å². The van der Waals surface area contributed by atoms with Crippen LogP contribution in [0, 0.1) is 0 Å². The fraction of sp³-hybridized carbons (Fsp3) is 0.0714. The van der Waals surface area contributed by atoms with E-state index in [9.17, 15) is 4.79 Å². The van der Waals surface area contributed by atoms with Crippen molar-refractivity contribution < 1.29 is 9.53 Å². The third kappa shape index (κ3) is 2.92. The standard InChI is InChI=1S/C14H13NO2/c15-13(11-7-3-1-4-8-11)17-14(16)12-9-5-2-6-10-12/h1-10,13H,15H2. The van der Waals surface area contributed by atoms with Gasteiger partial charge in [-0.3, -0.25) is 5.73 Å². The molecule has 0 aliphatic heterocycles. The van der Waals surface area contributed by atoms with Crippen LogP contribution >= 0.6 is 0 Å². The highest BCUT2D eigenvalue weighted by Crippen LogP contribution is 2.13. The van der Waals surface area contributed by atoms with Crippen molar-refractivity contribution >= 4 is 5.97 Å². The Morgan fingerprint density at radius 3 is 2.06 bits per heavy atom. The van der Waals surface area contributed by atoms with E-state index in [0.717, 1.165) is 5.56 Å². The minimum atomic E-state index is -0.732. The zero-order chi connectivity index (χ0) is 12.1. The zero-order valence-corrected chi connectivity index (χ0v) is 9.24. The van der Waals surface area contributed by atoms with Crippen LogP contribution < -0.4 is 5.73 Å². The highest BCUT2D eigenvalue weighted by atomic mass is 16.6. The highest BCUT2D eigenvalue weighted by Gasteiger charge is 2.12. The third-order valence-electron chi connectivity index (χ3n) is 2.37. The molecule has 0 spiro atoms. The first-order valence-corrected chi connectivity index (χ1v) is 5.34. The van der Waals surface area contributed by atoms with Crippen LogP contribution in [-0.2, 0) is 4.74 Å². The van der Waals surface area contributed by atoms with Crippen LogP contribution in [0.2, 0.25) is 0 Å². The van der Waals surface area contributed by atoms with E-state index in [2.05, 4.69) is 0 Å². The molecule has 0 bridgehead atoms. The smallest absolute Gasteiger partial charge is 0.339 e. The molecule has 0 aliphatic rings. The summed E-state index contributed by atoms with van der Waals surface area (Å²) < 4.78 is 5.16. The quantitative estimate of drug-likeness (QED) is 0.647. The van der Waals surface area contributed by atoms with Gasteiger partial charge in [0.2, 0.25) is 0 Å². The van der Waals surface area contributed by atoms with Crippen LogP contribution in [-0.4, -0.2) is 5.97 Å². The van der Waals surface area contributed by atoms with Gasteiger partial charge in [0, 0.05) is 5.56 Å². The number of ether oxygens (including phenoxy) is 1. The Bertz CT molecular complexity index is 482. The topological polar surface area (TPSA) is 52.3 Å². The lowest BCUT2D eigenvalue weighted by Crippen LogP contribution is -2.18. The fourth-order valence-corrected chi connectivity index (χ4v) is 1.47. The molecule has 3 nitrogen and oxygen atoms in total. The summed E-state index contributed by atoms with van der Waals surface area (Å²) in [5, 5.41) is 0. The Morgan fingerprint density at radius 1 is 0.941 bits per heavy atom. The lowest BCUT2D eigenvalue weighted by Gasteiger charge is -2.13. The molecular weight excluding hydrogens is 214 g/mol. The second-order valence-electron chi connectivity index (χ2n) is 3.60. The van der Waals surface area contributed by atoms with E-state index in [1.807, 2.05) is 36.4 Å². The predicted molar refractivity (Wildman–Crippen MR) is 65.2 cm³/mol. The Kier molecular flexibility index (Phi) is 3.52. The zero-order valence-electron chi connectivity index (χ0n) is 9.24. The average Bonchev–Trinajstić information content (AvgIpc) is 2.40. The normalized spacial score (nSPS) is 11.8. The van der Waals surface area contributed by atoms with Crippen molar-refractivity contribution in [3.63, 3.8) is 0 Å². The van der Waals surface area contributed by atoms with Gasteiger partial charge in [0.05, 0.1) is 5.56 Å². The molecule has 0 heterocycles. The van der Waals surface area contributed by atoms with E-state index >= 15 is 0 Å². The van der Waals surface area contributed by atoms with Crippen molar-refractivity contribution in [3.05, 3.63) is 71.8 Å². The Morgan fingerprint density at radius 2 is 1.47 bits per heavy atom. The number of hydrogen-bond acceptors (Lipinski definition) is 3. The lowest BCUT2D eigenvalue weighted by molar-refractivity contribution is 0.0311. The van der Waals surface area contributed by atoms with Gasteiger partial charge in [-0.2, -0.15) is 0 Å². The minimum Gasteiger partial charge on any atom is -0.439 e. The van der Waals surface area contributed by atoms with Crippen molar-refractivity contribution in [2.45, 2.75) is 6.23 Å². The summed E-state index contributed by atoms with van der Waals surface area (Å²) in [4.78, 5) is 11.7. The summed E-state index contributed by atoms with van der Waals surface area (Å²) in [6.07, 6.45) is -0.732. The number of carbonyl (C=O) groups is 1. The highest BCUT2D eigenvalue weighted by molar-refractivity contribution is 5.89. The molecule has 0 saturated heterocycles. The van der Waals surface area contributed by atoms with Crippen LogP contribution in [0.5, 0.6) is 0 Å². The van der Waals surface area contributed by atoms with Crippen LogP contribution in [0.3, 0.4) is 0 Å². The molecule has 0 amide bonds. The molecule has 3 heteroatoms. The Balaban J connectivity index is 2.05. The second-order valence-corrected chi connectivity index (χ2v) is 3.60. The fourth-order valence-electron chi connectivity index (χ4n) is 1.47. The van der Waals surface area contributed by atoms with E-state index in [1.54, 1.807) is 24.3 Å². The van der Waals surface area contributed by atoms with Gasteiger partial charge < -0.3 is 4.74 Å². The number of hydrogen-bond donors (Lipinski definition) is 1. The number of carbonyl (C=O) groups excluding carboxylic acids is 1. The van der Waals surface area contributed by atoms with Crippen molar-refractivity contribution in [3.8, 4) is 0 Å².